The van der Waals surface area contributed by atoms with E-state index in [9.17, 15) is 4.79 Å². The fraction of sp³-hybridized carbons (Fsp3) is 0.923. The summed E-state index contributed by atoms with van der Waals surface area (Å²) in [5.41, 5.74) is -0.125. The highest BCUT2D eigenvalue weighted by Gasteiger charge is 2.27. The summed E-state index contributed by atoms with van der Waals surface area (Å²) in [6, 6.07) is 0. The second-order valence-electron chi connectivity index (χ2n) is 4.61. The van der Waals surface area contributed by atoms with Crippen molar-refractivity contribution in [2.24, 2.45) is 0 Å². The van der Waals surface area contributed by atoms with Gasteiger partial charge in [-0.25, -0.2) is 0 Å². The first-order valence-electron chi connectivity index (χ1n) is 6.57. The number of rotatable bonds is 10. The van der Waals surface area contributed by atoms with Crippen LogP contribution in [-0.2, 0) is 4.79 Å². The second-order valence-corrected chi connectivity index (χ2v) is 5.74. The number of hydrogen-bond acceptors (Lipinski definition) is 1. The van der Waals surface area contributed by atoms with Gasteiger partial charge in [-0.15, -0.1) is 0 Å². The molecule has 2 nitrogen and oxygen atoms in total. The third kappa shape index (κ3) is 7.45. The lowest BCUT2D eigenvalue weighted by Crippen LogP contribution is -2.51. The van der Waals surface area contributed by atoms with Crippen LogP contribution in [0, 0.1) is 0 Å². The molecule has 0 radical (unpaired) electrons. The third-order valence-corrected chi connectivity index (χ3v) is 5.25. The zero-order valence-electron chi connectivity index (χ0n) is 11.0. The van der Waals surface area contributed by atoms with Crippen molar-refractivity contribution in [3.8, 4) is 0 Å². The number of nitrogens with one attached hydrogen (secondary N) is 1. The third-order valence-electron chi connectivity index (χ3n) is 3.10. The van der Waals surface area contributed by atoms with E-state index < -0.39 is 0 Å². The lowest BCUT2D eigenvalue weighted by atomic mass is 10.0. The molecular formula is C13H25Br2NO. The van der Waals surface area contributed by atoms with E-state index in [-0.39, 0.29) is 11.4 Å². The highest BCUT2D eigenvalue weighted by Crippen LogP contribution is 2.17. The number of amides is 1. The topological polar surface area (TPSA) is 29.1 Å². The van der Waals surface area contributed by atoms with Gasteiger partial charge < -0.3 is 5.32 Å². The molecule has 1 amide bonds. The van der Waals surface area contributed by atoms with Crippen molar-refractivity contribution in [3.05, 3.63) is 0 Å². The summed E-state index contributed by atoms with van der Waals surface area (Å²) in [6.07, 6.45) is 7.55. The van der Waals surface area contributed by atoms with Crippen LogP contribution < -0.4 is 5.32 Å². The van der Waals surface area contributed by atoms with Gasteiger partial charge in [-0.2, -0.15) is 0 Å². The molecular weight excluding hydrogens is 346 g/mol. The van der Waals surface area contributed by atoms with Crippen molar-refractivity contribution >= 4 is 37.8 Å². The van der Waals surface area contributed by atoms with Crippen LogP contribution in [-0.4, -0.2) is 22.1 Å². The summed E-state index contributed by atoms with van der Waals surface area (Å²) < 4.78 is 0. The van der Waals surface area contributed by atoms with Crippen LogP contribution >= 0.6 is 31.9 Å². The second kappa shape index (κ2) is 10.4. The maximum Gasteiger partial charge on any atom is 0.220 e. The maximum atomic E-state index is 11.8. The number of hydrogen-bond donors (Lipinski definition) is 1. The molecule has 0 aromatic carbocycles. The number of carbonyl (C=O) groups is 1. The molecule has 0 bridgehead atoms. The van der Waals surface area contributed by atoms with E-state index in [1.807, 2.05) is 0 Å². The molecule has 0 rings (SSSR count). The Labute approximate surface area is 123 Å². The van der Waals surface area contributed by atoms with Gasteiger partial charge in [0.25, 0.3) is 0 Å². The van der Waals surface area contributed by atoms with Gasteiger partial charge in [0.1, 0.15) is 0 Å². The number of carbonyl (C=O) groups excluding carboxylic acids is 1. The van der Waals surface area contributed by atoms with Crippen LogP contribution in [0.4, 0.5) is 0 Å². The molecule has 0 atom stereocenters. The Hall–Kier alpha value is 0.430. The van der Waals surface area contributed by atoms with Crippen LogP contribution in [0.15, 0.2) is 0 Å². The summed E-state index contributed by atoms with van der Waals surface area (Å²) in [5, 5.41) is 4.73. The van der Waals surface area contributed by atoms with Crippen molar-refractivity contribution in [1.29, 1.82) is 0 Å². The van der Waals surface area contributed by atoms with Gasteiger partial charge in [0, 0.05) is 17.1 Å². The summed E-state index contributed by atoms with van der Waals surface area (Å²) in [7, 11) is 0. The smallest absolute Gasteiger partial charge is 0.220 e. The van der Waals surface area contributed by atoms with E-state index >= 15 is 0 Å². The SMILES string of the molecule is CCCCCCCC(=O)NC(CC)(CBr)CBr. The minimum Gasteiger partial charge on any atom is -0.349 e. The fourth-order valence-electron chi connectivity index (χ4n) is 1.63. The molecule has 17 heavy (non-hydrogen) atoms. The van der Waals surface area contributed by atoms with Crippen LogP contribution in [0.1, 0.15) is 58.8 Å². The lowest BCUT2D eigenvalue weighted by molar-refractivity contribution is -0.122. The fourth-order valence-corrected chi connectivity index (χ4v) is 3.63. The van der Waals surface area contributed by atoms with E-state index in [1.165, 1.54) is 25.7 Å². The molecule has 0 aromatic rings. The van der Waals surface area contributed by atoms with Gasteiger partial charge >= 0.3 is 0 Å². The van der Waals surface area contributed by atoms with E-state index in [0.717, 1.165) is 23.5 Å². The summed E-state index contributed by atoms with van der Waals surface area (Å²) in [5.74, 6) is 0.183. The molecule has 102 valence electrons. The van der Waals surface area contributed by atoms with E-state index in [0.29, 0.717) is 6.42 Å². The number of halogens is 2. The van der Waals surface area contributed by atoms with Gasteiger partial charge in [0.15, 0.2) is 0 Å². The van der Waals surface area contributed by atoms with Gasteiger partial charge in [0.05, 0.1) is 5.54 Å². The van der Waals surface area contributed by atoms with Crippen molar-refractivity contribution in [2.45, 2.75) is 64.3 Å². The van der Waals surface area contributed by atoms with Gasteiger partial charge in [-0.3, -0.25) is 4.79 Å². The molecule has 1 N–H and O–H groups in total. The molecule has 0 aliphatic carbocycles. The Morgan fingerprint density at radius 1 is 1.06 bits per heavy atom. The van der Waals surface area contributed by atoms with Gasteiger partial charge in [0.2, 0.25) is 5.91 Å². The predicted octanol–water partition coefficient (Wildman–Crippen LogP) is 4.40. The quantitative estimate of drug-likeness (QED) is 0.448. The van der Waals surface area contributed by atoms with Crippen LogP contribution in [0.2, 0.25) is 0 Å². The number of unbranched alkanes of at least 4 members (excludes halogenated alkanes) is 4. The molecule has 0 spiro atoms. The largest absolute Gasteiger partial charge is 0.349 e. The van der Waals surface area contributed by atoms with Crippen molar-refractivity contribution in [2.75, 3.05) is 10.7 Å². The molecule has 0 heterocycles. The summed E-state index contributed by atoms with van der Waals surface area (Å²) in [6.45, 7) is 4.30. The first-order chi connectivity index (χ1) is 8.14. The van der Waals surface area contributed by atoms with E-state index in [2.05, 4.69) is 51.0 Å². The van der Waals surface area contributed by atoms with E-state index in [1.54, 1.807) is 0 Å². The zero-order chi connectivity index (χ0) is 13.1. The minimum absolute atomic E-state index is 0.125. The van der Waals surface area contributed by atoms with Crippen LogP contribution in [0.3, 0.4) is 0 Å². The highest BCUT2D eigenvalue weighted by atomic mass is 79.9. The molecule has 0 aliphatic heterocycles. The van der Waals surface area contributed by atoms with Crippen molar-refractivity contribution < 1.29 is 4.79 Å². The molecule has 0 aromatic heterocycles. The Kier molecular flexibility index (Phi) is 10.6. The first kappa shape index (κ1) is 17.4. The molecule has 0 saturated carbocycles. The predicted molar refractivity (Wildman–Crippen MR) is 82.1 cm³/mol. The lowest BCUT2D eigenvalue weighted by Gasteiger charge is -2.30. The summed E-state index contributed by atoms with van der Waals surface area (Å²) >= 11 is 6.96. The Bertz CT molecular complexity index is 197. The minimum atomic E-state index is -0.125. The Balaban J connectivity index is 3.83. The van der Waals surface area contributed by atoms with Crippen LogP contribution in [0.25, 0.3) is 0 Å². The van der Waals surface area contributed by atoms with Gasteiger partial charge in [-0.1, -0.05) is 71.4 Å². The molecule has 0 fully saturated rings. The normalized spacial score (nSPS) is 11.5. The Morgan fingerprint density at radius 2 is 1.65 bits per heavy atom. The summed E-state index contributed by atoms with van der Waals surface area (Å²) in [4.78, 5) is 11.8. The van der Waals surface area contributed by atoms with Crippen LogP contribution in [0.5, 0.6) is 0 Å². The van der Waals surface area contributed by atoms with Crippen molar-refractivity contribution in [1.82, 2.24) is 5.32 Å². The van der Waals surface area contributed by atoms with E-state index in [4.69, 9.17) is 0 Å². The number of alkyl halides is 2. The molecule has 0 unspecified atom stereocenters. The average molecular weight is 371 g/mol. The molecule has 0 saturated heterocycles. The molecule has 4 heteroatoms. The molecule has 0 aliphatic rings. The highest BCUT2D eigenvalue weighted by molar-refractivity contribution is 9.09. The monoisotopic (exact) mass is 369 g/mol. The standard InChI is InChI=1S/C13H25Br2NO/c1-3-5-6-7-8-9-12(17)16-13(4-2,10-14)11-15/h3-11H2,1-2H3,(H,16,17). The van der Waals surface area contributed by atoms with Gasteiger partial charge in [-0.05, 0) is 12.8 Å². The van der Waals surface area contributed by atoms with Crippen molar-refractivity contribution in [3.63, 3.8) is 0 Å². The Morgan fingerprint density at radius 3 is 2.12 bits per heavy atom. The first-order valence-corrected chi connectivity index (χ1v) is 8.81. The average Bonchev–Trinajstić information content (AvgIpc) is 2.36. The maximum absolute atomic E-state index is 11.8. The zero-order valence-corrected chi connectivity index (χ0v) is 14.2.